The number of halogens is 3. The third kappa shape index (κ3) is 5.03. The maximum atomic E-state index is 11.8. The molecular weight excluding hydrogens is 278 g/mol. The molecule has 0 amide bonds. The van der Waals surface area contributed by atoms with Crippen LogP contribution in [0.3, 0.4) is 0 Å². The minimum Gasteiger partial charge on any atom is -0.375 e. The minimum absolute atomic E-state index is 0.158. The molecule has 90 valence electrons. The molecule has 16 heavy (non-hydrogen) atoms. The first-order valence-electron chi connectivity index (χ1n) is 5.16. The smallest absolute Gasteiger partial charge is 0.261 e. The van der Waals surface area contributed by atoms with Gasteiger partial charge in [-0.25, -0.2) is 8.78 Å². The Labute approximate surface area is 103 Å². The van der Waals surface area contributed by atoms with E-state index in [2.05, 4.69) is 15.9 Å². The van der Waals surface area contributed by atoms with Gasteiger partial charge in [0.05, 0.1) is 0 Å². The Hall–Kier alpha value is -0.480. The fourth-order valence-corrected chi connectivity index (χ4v) is 1.79. The fraction of sp³-hybridized carbons (Fsp3) is 0.500. The van der Waals surface area contributed by atoms with Gasteiger partial charge in [0.1, 0.15) is 6.61 Å². The summed E-state index contributed by atoms with van der Waals surface area (Å²) in [7, 11) is 0. The molecule has 1 rings (SSSR count). The van der Waals surface area contributed by atoms with Crippen LogP contribution in [0.4, 0.5) is 8.78 Å². The first-order valence-corrected chi connectivity index (χ1v) is 6.07. The van der Waals surface area contributed by atoms with E-state index in [-0.39, 0.29) is 4.83 Å². The summed E-state index contributed by atoms with van der Waals surface area (Å²) < 4.78 is 28.4. The highest BCUT2D eigenvalue weighted by Gasteiger charge is 2.08. The van der Waals surface area contributed by atoms with Crippen LogP contribution in [0.15, 0.2) is 24.3 Å². The molecular formula is C12H15BrF2O. The molecule has 1 atom stereocenters. The average molecular weight is 293 g/mol. The van der Waals surface area contributed by atoms with Crippen molar-refractivity contribution in [3.63, 3.8) is 0 Å². The molecule has 0 bridgehead atoms. The maximum Gasteiger partial charge on any atom is 0.261 e. The standard InChI is InChI=1S/C12H15BrF2O/c1-9-2-4-10(5-3-9)11(13)6-7-16-8-12(14)15/h2-5,11-12H,6-8H2,1H3. The number of rotatable bonds is 6. The van der Waals surface area contributed by atoms with Crippen molar-refractivity contribution in [2.45, 2.75) is 24.6 Å². The molecule has 0 saturated heterocycles. The van der Waals surface area contributed by atoms with Crippen LogP contribution in [0.5, 0.6) is 0 Å². The Morgan fingerprint density at radius 3 is 2.44 bits per heavy atom. The zero-order chi connectivity index (χ0) is 12.0. The van der Waals surface area contributed by atoms with Crippen LogP contribution in [-0.4, -0.2) is 19.6 Å². The van der Waals surface area contributed by atoms with E-state index in [0.717, 1.165) is 5.56 Å². The monoisotopic (exact) mass is 292 g/mol. The second-order valence-corrected chi connectivity index (χ2v) is 4.74. The van der Waals surface area contributed by atoms with Gasteiger partial charge in [-0.05, 0) is 18.9 Å². The van der Waals surface area contributed by atoms with E-state index < -0.39 is 13.0 Å². The molecule has 4 heteroatoms. The van der Waals surface area contributed by atoms with Gasteiger partial charge in [0.25, 0.3) is 6.43 Å². The molecule has 1 aromatic rings. The summed E-state index contributed by atoms with van der Waals surface area (Å²) in [5, 5.41) is 0. The minimum atomic E-state index is -2.38. The summed E-state index contributed by atoms with van der Waals surface area (Å²) >= 11 is 3.51. The Kier molecular flexibility index (Phi) is 5.91. The number of hydrogen-bond donors (Lipinski definition) is 0. The van der Waals surface area contributed by atoms with E-state index in [0.29, 0.717) is 13.0 Å². The second-order valence-electron chi connectivity index (χ2n) is 3.63. The lowest BCUT2D eigenvalue weighted by Gasteiger charge is -2.10. The number of hydrogen-bond acceptors (Lipinski definition) is 1. The molecule has 0 fully saturated rings. The van der Waals surface area contributed by atoms with Crippen LogP contribution < -0.4 is 0 Å². The summed E-state index contributed by atoms with van der Waals surface area (Å²) in [6.45, 7) is 1.89. The summed E-state index contributed by atoms with van der Waals surface area (Å²) in [5.41, 5.74) is 2.35. The highest BCUT2D eigenvalue weighted by molar-refractivity contribution is 9.09. The van der Waals surface area contributed by atoms with Crippen molar-refractivity contribution in [3.8, 4) is 0 Å². The Bertz CT molecular complexity index is 300. The van der Waals surface area contributed by atoms with Crippen molar-refractivity contribution in [1.29, 1.82) is 0 Å². The largest absolute Gasteiger partial charge is 0.375 e. The lowest BCUT2D eigenvalue weighted by molar-refractivity contribution is 0.0167. The molecule has 0 aliphatic heterocycles. The Balaban J connectivity index is 2.29. The zero-order valence-electron chi connectivity index (χ0n) is 9.13. The van der Waals surface area contributed by atoms with Crippen LogP contribution in [0.2, 0.25) is 0 Å². The van der Waals surface area contributed by atoms with Crippen LogP contribution in [-0.2, 0) is 4.74 Å². The molecule has 1 unspecified atom stereocenters. The summed E-state index contributed by atoms with van der Waals surface area (Å²) in [4.78, 5) is 0.158. The number of benzene rings is 1. The molecule has 0 spiro atoms. The Morgan fingerprint density at radius 2 is 1.88 bits per heavy atom. The van der Waals surface area contributed by atoms with Crippen LogP contribution in [0, 0.1) is 6.92 Å². The molecule has 0 N–H and O–H groups in total. The normalized spacial score (nSPS) is 13.1. The van der Waals surface area contributed by atoms with Gasteiger partial charge in [-0.2, -0.15) is 0 Å². The van der Waals surface area contributed by atoms with Gasteiger partial charge in [0.15, 0.2) is 0 Å². The SMILES string of the molecule is Cc1ccc(C(Br)CCOCC(F)F)cc1. The van der Waals surface area contributed by atoms with E-state index in [1.807, 2.05) is 31.2 Å². The quantitative estimate of drug-likeness (QED) is 0.566. The van der Waals surface area contributed by atoms with Gasteiger partial charge in [-0.15, -0.1) is 0 Å². The molecule has 1 aromatic carbocycles. The van der Waals surface area contributed by atoms with Crippen molar-refractivity contribution in [2.24, 2.45) is 0 Å². The number of aryl methyl sites for hydroxylation is 1. The van der Waals surface area contributed by atoms with Gasteiger partial charge in [-0.1, -0.05) is 45.8 Å². The summed E-state index contributed by atoms with van der Waals surface area (Å²) in [6, 6.07) is 8.12. The predicted molar refractivity (Wildman–Crippen MR) is 64.3 cm³/mol. The van der Waals surface area contributed by atoms with Crippen molar-refractivity contribution >= 4 is 15.9 Å². The first kappa shape index (κ1) is 13.6. The maximum absolute atomic E-state index is 11.8. The summed E-state index contributed by atoms with van der Waals surface area (Å²) in [6.07, 6.45) is -1.69. The van der Waals surface area contributed by atoms with Gasteiger partial charge in [0, 0.05) is 11.4 Å². The van der Waals surface area contributed by atoms with Gasteiger partial charge in [0.2, 0.25) is 0 Å². The highest BCUT2D eigenvalue weighted by atomic mass is 79.9. The van der Waals surface area contributed by atoms with E-state index in [1.54, 1.807) is 0 Å². The fourth-order valence-electron chi connectivity index (χ4n) is 1.30. The third-order valence-electron chi connectivity index (χ3n) is 2.20. The topological polar surface area (TPSA) is 9.23 Å². The van der Waals surface area contributed by atoms with Crippen molar-refractivity contribution in [2.75, 3.05) is 13.2 Å². The molecule has 0 radical (unpaired) electrons. The van der Waals surface area contributed by atoms with E-state index in [9.17, 15) is 8.78 Å². The summed E-state index contributed by atoms with van der Waals surface area (Å²) in [5.74, 6) is 0. The zero-order valence-corrected chi connectivity index (χ0v) is 10.7. The van der Waals surface area contributed by atoms with E-state index in [4.69, 9.17) is 4.74 Å². The molecule has 1 nitrogen and oxygen atoms in total. The average Bonchev–Trinajstić information content (AvgIpc) is 2.25. The van der Waals surface area contributed by atoms with Crippen molar-refractivity contribution in [3.05, 3.63) is 35.4 Å². The predicted octanol–water partition coefficient (Wildman–Crippen LogP) is 4.10. The lowest BCUT2D eigenvalue weighted by atomic mass is 10.1. The van der Waals surface area contributed by atoms with Gasteiger partial charge < -0.3 is 4.74 Å². The molecule has 0 aromatic heterocycles. The molecule has 0 saturated carbocycles. The third-order valence-corrected chi connectivity index (χ3v) is 3.19. The highest BCUT2D eigenvalue weighted by Crippen LogP contribution is 2.26. The Morgan fingerprint density at radius 1 is 1.25 bits per heavy atom. The van der Waals surface area contributed by atoms with Crippen molar-refractivity contribution in [1.82, 2.24) is 0 Å². The second kappa shape index (κ2) is 6.97. The van der Waals surface area contributed by atoms with Crippen LogP contribution >= 0.6 is 15.9 Å². The number of alkyl halides is 3. The van der Waals surface area contributed by atoms with Gasteiger partial charge in [-0.3, -0.25) is 0 Å². The number of ether oxygens (including phenoxy) is 1. The van der Waals surface area contributed by atoms with Crippen molar-refractivity contribution < 1.29 is 13.5 Å². The lowest BCUT2D eigenvalue weighted by Crippen LogP contribution is -2.06. The van der Waals surface area contributed by atoms with Crippen LogP contribution in [0.1, 0.15) is 22.4 Å². The first-order chi connectivity index (χ1) is 7.59. The molecule has 0 heterocycles. The van der Waals surface area contributed by atoms with E-state index >= 15 is 0 Å². The molecule has 0 aliphatic carbocycles. The van der Waals surface area contributed by atoms with Gasteiger partial charge >= 0.3 is 0 Å². The van der Waals surface area contributed by atoms with E-state index in [1.165, 1.54) is 5.56 Å². The molecule has 0 aliphatic rings. The van der Waals surface area contributed by atoms with Crippen LogP contribution in [0.25, 0.3) is 0 Å².